The number of ether oxygens (including phenoxy) is 2. The number of methoxy groups -OCH3 is 1. The van der Waals surface area contributed by atoms with Crippen LogP contribution in [0.1, 0.15) is 5.56 Å². The van der Waals surface area contributed by atoms with E-state index in [9.17, 15) is 18.0 Å². The summed E-state index contributed by atoms with van der Waals surface area (Å²) in [5, 5.41) is 5.35. The highest BCUT2D eigenvalue weighted by Gasteiger charge is 2.29. The van der Waals surface area contributed by atoms with Gasteiger partial charge in [0, 0.05) is 13.7 Å². The molecule has 22 heavy (non-hydrogen) atoms. The van der Waals surface area contributed by atoms with Gasteiger partial charge in [-0.15, -0.1) is 0 Å². The molecule has 1 aromatic carbocycles. The molecule has 0 unspecified atom stereocenters. The fourth-order valence-corrected chi connectivity index (χ4v) is 1.58. The number of alkyl halides is 3. The Morgan fingerprint density at radius 3 is 2.68 bits per heavy atom. The van der Waals surface area contributed by atoms with Crippen LogP contribution in [0.4, 0.5) is 18.9 Å². The van der Waals surface area contributed by atoms with E-state index in [0.29, 0.717) is 13.2 Å². The maximum atomic E-state index is 12.2. The van der Waals surface area contributed by atoms with Crippen molar-refractivity contribution in [3.8, 4) is 5.75 Å². The summed E-state index contributed by atoms with van der Waals surface area (Å²) in [4.78, 5) is 11.7. The van der Waals surface area contributed by atoms with Crippen LogP contribution in [-0.2, 0) is 9.53 Å². The zero-order valence-corrected chi connectivity index (χ0v) is 12.4. The molecule has 0 radical (unpaired) electrons. The maximum absolute atomic E-state index is 12.2. The number of hydrogen-bond acceptors (Lipinski definition) is 4. The highest BCUT2D eigenvalue weighted by molar-refractivity contribution is 5.93. The van der Waals surface area contributed by atoms with E-state index in [4.69, 9.17) is 9.47 Å². The molecule has 0 aromatic heterocycles. The van der Waals surface area contributed by atoms with Crippen molar-refractivity contribution in [2.45, 2.75) is 13.1 Å². The number of halogens is 3. The van der Waals surface area contributed by atoms with Crippen LogP contribution in [0.25, 0.3) is 0 Å². The van der Waals surface area contributed by atoms with E-state index < -0.39 is 12.8 Å². The van der Waals surface area contributed by atoms with Crippen molar-refractivity contribution in [1.82, 2.24) is 5.32 Å². The molecule has 0 aliphatic carbocycles. The number of hydrogen-bond donors (Lipinski definition) is 2. The predicted molar refractivity (Wildman–Crippen MR) is 76.1 cm³/mol. The minimum absolute atomic E-state index is 0.0115. The molecule has 8 heteroatoms. The highest BCUT2D eigenvalue weighted by atomic mass is 19.4. The zero-order valence-electron chi connectivity index (χ0n) is 12.4. The molecular weight excluding hydrogens is 301 g/mol. The average Bonchev–Trinajstić information content (AvgIpc) is 2.43. The lowest BCUT2D eigenvalue weighted by atomic mass is 10.2. The van der Waals surface area contributed by atoms with Gasteiger partial charge in [0.2, 0.25) is 5.91 Å². The molecule has 0 atom stereocenters. The Hall–Kier alpha value is -1.80. The highest BCUT2D eigenvalue weighted by Crippen LogP contribution is 2.27. The van der Waals surface area contributed by atoms with Gasteiger partial charge in [-0.25, -0.2) is 0 Å². The maximum Gasteiger partial charge on any atom is 0.422 e. The molecule has 0 aliphatic heterocycles. The summed E-state index contributed by atoms with van der Waals surface area (Å²) in [5.74, 6) is -0.389. The molecule has 0 saturated heterocycles. The van der Waals surface area contributed by atoms with Gasteiger partial charge in [-0.1, -0.05) is 6.07 Å². The summed E-state index contributed by atoms with van der Waals surface area (Å²) in [6.07, 6.45) is -4.44. The van der Waals surface area contributed by atoms with E-state index in [-0.39, 0.29) is 23.9 Å². The van der Waals surface area contributed by atoms with Crippen molar-refractivity contribution in [3.05, 3.63) is 23.8 Å². The molecule has 0 aliphatic rings. The Kier molecular flexibility index (Phi) is 7.13. The van der Waals surface area contributed by atoms with E-state index in [1.54, 1.807) is 13.0 Å². The lowest BCUT2D eigenvalue weighted by Crippen LogP contribution is -2.30. The number of amides is 1. The topological polar surface area (TPSA) is 59.6 Å². The third kappa shape index (κ3) is 7.28. The molecular formula is C14H19F3N2O3. The van der Waals surface area contributed by atoms with Crippen LogP contribution in [0.3, 0.4) is 0 Å². The van der Waals surface area contributed by atoms with E-state index in [1.807, 2.05) is 0 Å². The molecule has 1 rings (SSSR count). The second-order valence-electron chi connectivity index (χ2n) is 4.62. The van der Waals surface area contributed by atoms with Gasteiger partial charge in [0.1, 0.15) is 5.75 Å². The van der Waals surface area contributed by atoms with Crippen molar-refractivity contribution >= 4 is 11.6 Å². The van der Waals surface area contributed by atoms with Crippen LogP contribution in [0, 0.1) is 6.92 Å². The van der Waals surface area contributed by atoms with Gasteiger partial charge in [0.25, 0.3) is 0 Å². The van der Waals surface area contributed by atoms with E-state index in [2.05, 4.69) is 10.6 Å². The van der Waals surface area contributed by atoms with Gasteiger partial charge in [-0.3, -0.25) is 4.79 Å². The van der Waals surface area contributed by atoms with Crippen LogP contribution in [0.5, 0.6) is 5.75 Å². The van der Waals surface area contributed by atoms with Gasteiger partial charge >= 0.3 is 6.18 Å². The van der Waals surface area contributed by atoms with Crippen molar-refractivity contribution in [3.63, 3.8) is 0 Å². The van der Waals surface area contributed by atoms with Gasteiger partial charge in [-0.05, 0) is 24.6 Å². The first-order valence-corrected chi connectivity index (χ1v) is 6.61. The summed E-state index contributed by atoms with van der Waals surface area (Å²) >= 11 is 0. The van der Waals surface area contributed by atoms with E-state index in [0.717, 1.165) is 5.56 Å². The van der Waals surface area contributed by atoms with Crippen molar-refractivity contribution in [1.29, 1.82) is 0 Å². The molecule has 0 heterocycles. The Morgan fingerprint density at radius 1 is 1.32 bits per heavy atom. The van der Waals surface area contributed by atoms with E-state index >= 15 is 0 Å². The van der Waals surface area contributed by atoms with Gasteiger partial charge in [-0.2, -0.15) is 13.2 Å². The minimum atomic E-state index is -4.44. The number of carbonyl (C=O) groups excluding carboxylic acids is 1. The summed E-state index contributed by atoms with van der Waals surface area (Å²) in [6, 6.07) is 4.63. The molecule has 0 fully saturated rings. The standard InChI is InChI=1S/C14H19F3N2O3/c1-10-3-4-11(12(7-10)22-9-14(15,16)17)19-13(20)8-18-5-6-21-2/h3-4,7,18H,5-6,8-9H2,1-2H3,(H,19,20). The first kappa shape index (κ1) is 18.2. The van der Waals surface area contributed by atoms with Crippen LogP contribution >= 0.6 is 0 Å². The lowest BCUT2D eigenvalue weighted by molar-refractivity contribution is -0.153. The average molecular weight is 320 g/mol. The Labute approximate surface area is 126 Å². The van der Waals surface area contributed by atoms with E-state index in [1.165, 1.54) is 19.2 Å². The smallest absolute Gasteiger partial charge is 0.422 e. The monoisotopic (exact) mass is 320 g/mol. The number of carbonyl (C=O) groups is 1. The van der Waals surface area contributed by atoms with Crippen LogP contribution < -0.4 is 15.4 Å². The first-order chi connectivity index (χ1) is 10.3. The van der Waals surface area contributed by atoms with Crippen molar-refractivity contribution in [2.24, 2.45) is 0 Å². The molecule has 0 bridgehead atoms. The van der Waals surface area contributed by atoms with Gasteiger partial charge < -0.3 is 20.1 Å². The molecule has 5 nitrogen and oxygen atoms in total. The molecule has 0 saturated carbocycles. The van der Waals surface area contributed by atoms with Crippen LogP contribution in [-0.4, -0.2) is 45.5 Å². The largest absolute Gasteiger partial charge is 0.482 e. The quantitative estimate of drug-likeness (QED) is 0.720. The Morgan fingerprint density at radius 2 is 2.05 bits per heavy atom. The molecule has 1 aromatic rings. The number of nitrogens with one attached hydrogen (secondary N) is 2. The summed E-state index contributed by atoms with van der Waals surface area (Å²) in [6.45, 7) is 1.28. The van der Waals surface area contributed by atoms with Crippen molar-refractivity contribution < 1.29 is 27.4 Å². The number of benzene rings is 1. The third-order valence-corrected chi connectivity index (χ3v) is 2.57. The molecule has 124 valence electrons. The zero-order chi connectivity index (χ0) is 16.6. The Balaban J connectivity index is 2.63. The summed E-state index contributed by atoms with van der Waals surface area (Å²) in [5.41, 5.74) is 0.932. The van der Waals surface area contributed by atoms with Crippen LogP contribution in [0.2, 0.25) is 0 Å². The lowest BCUT2D eigenvalue weighted by Gasteiger charge is -2.14. The SMILES string of the molecule is COCCNCC(=O)Nc1ccc(C)cc1OCC(F)(F)F. The molecule has 2 N–H and O–H groups in total. The number of rotatable bonds is 8. The number of anilines is 1. The fourth-order valence-electron chi connectivity index (χ4n) is 1.58. The molecule has 1 amide bonds. The van der Waals surface area contributed by atoms with Crippen molar-refractivity contribution in [2.75, 3.05) is 38.7 Å². The van der Waals surface area contributed by atoms with Crippen LogP contribution in [0.15, 0.2) is 18.2 Å². The second kappa shape index (κ2) is 8.60. The normalized spacial score (nSPS) is 11.3. The summed E-state index contributed by atoms with van der Waals surface area (Å²) in [7, 11) is 1.54. The fraction of sp³-hybridized carbons (Fsp3) is 0.500. The van der Waals surface area contributed by atoms with Gasteiger partial charge in [0.15, 0.2) is 6.61 Å². The third-order valence-electron chi connectivity index (χ3n) is 2.57. The number of aryl methyl sites for hydroxylation is 1. The molecule has 0 spiro atoms. The second-order valence-corrected chi connectivity index (χ2v) is 4.62. The predicted octanol–water partition coefficient (Wildman–Crippen LogP) is 2.11. The minimum Gasteiger partial charge on any atom is -0.482 e. The Bertz CT molecular complexity index is 493. The first-order valence-electron chi connectivity index (χ1n) is 6.61. The summed E-state index contributed by atoms with van der Waals surface area (Å²) < 4.78 is 46.3. The van der Waals surface area contributed by atoms with Gasteiger partial charge in [0.05, 0.1) is 18.8 Å².